The minimum atomic E-state index is -0.333. The molecule has 2 amide bonds. The summed E-state index contributed by atoms with van der Waals surface area (Å²) in [5.41, 5.74) is 1.36. The number of nitrogens with zero attached hydrogens (tertiary/aromatic N) is 2. The lowest BCUT2D eigenvalue weighted by atomic mass is 10.2. The molecular formula is C19H22FN3O2S. The third-order valence-electron chi connectivity index (χ3n) is 3.82. The van der Waals surface area contributed by atoms with Crippen molar-refractivity contribution in [1.82, 2.24) is 15.2 Å². The van der Waals surface area contributed by atoms with Crippen LogP contribution in [0.25, 0.3) is 0 Å². The molecule has 0 aliphatic carbocycles. The van der Waals surface area contributed by atoms with E-state index in [1.54, 1.807) is 35.4 Å². The van der Waals surface area contributed by atoms with Gasteiger partial charge in [-0.1, -0.05) is 12.1 Å². The van der Waals surface area contributed by atoms with Gasteiger partial charge in [0.1, 0.15) is 10.8 Å². The van der Waals surface area contributed by atoms with E-state index in [0.29, 0.717) is 29.4 Å². The first kappa shape index (κ1) is 19.9. The van der Waals surface area contributed by atoms with Crippen LogP contribution >= 0.6 is 11.8 Å². The van der Waals surface area contributed by atoms with Crippen LogP contribution in [0.4, 0.5) is 4.39 Å². The molecule has 2 aromatic rings. The van der Waals surface area contributed by atoms with E-state index in [2.05, 4.69) is 10.3 Å². The predicted octanol–water partition coefficient (Wildman–Crippen LogP) is 3.11. The molecule has 0 fully saturated rings. The van der Waals surface area contributed by atoms with Crippen molar-refractivity contribution >= 4 is 23.6 Å². The molecule has 2 rings (SSSR count). The van der Waals surface area contributed by atoms with Crippen LogP contribution in [0.15, 0.2) is 47.6 Å². The zero-order valence-electron chi connectivity index (χ0n) is 14.9. The molecule has 0 bridgehead atoms. The van der Waals surface area contributed by atoms with Crippen LogP contribution < -0.4 is 5.32 Å². The first-order valence-corrected chi connectivity index (χ1v) is 9.42. The fraction of sp³-hybridized carbons (Fsp3) is 0.316. The Morgan fingerprint density at radius 3 is 2.50 bits per heavy atom. The van der Waals surface area contributed by atoms with Gasteiger partial charge >= 0.3 is 0 Å². The smallest absolute Gasteiger partial charge is 0.254 e. The third kappa shape index (κ3) is 5.56. The number of hydrogen-bond donors (Lipinski definition) is 1. The molecule has 0 aliphatic rings. The lowest BCUT2D eigenvalue weighted by molar-refractivity contribution is -0.129. The summed E-state index contributed by atoms with van der Waals surface area (Å²) < 4.78 is 13.0. The van der Waals surface area contributed by atoms with Gasteiger partial charge in [-0.2, -0.15) is 0 Å². The molecule has 1 aromatic carbocycles. The van der Waals surface area contributed by atoms with Gasteiger partial charge in [0.05, 0.1) is 12.1 Å². The molecule has 26 heavy (non-hydrogen) atoms. The highest BCUT2D eigenvalue weighted by atomic mass is 32.2. The second-order valence-corrected chi connectivity index (χ2v) is 6.48. The molecule has 0 saturated carbocycles. The first-order valence-electron chi connectivity index (χ1n) is 8.43. The molecular weight excluding hydrogens is 353 g/mol. The van der Waals surface area contributed by atoms with Crippen molar-refractivity contribution in [2.75, 3.05) is 19.6 Å². The molecule has 0 radical (unpaired) electrons. The Balaban J connectivity index is 1.99. The average molecular weight is 375 g/mol. The lowest BCUT2D eigenvalue weighted by Gasteiger charge is -2.18. The summed E-state index contributed by atoms with van der Waals surface area (Å²) in [7, 11) is 0. The zero-order valence-corrected chi connectivity index (χ0v) is 15.7. The van der Waals surface area contributed by atoms with E-state index in [4.69, 9.17) is 0 Å². The highest BCUT2D eigenvalue weighted by Gasteiger charge is 2.15. The lowest BCUT2D eigenvalue weighted by Crippen LogP contribution is -2.40. The number of thioether (sulfide) groups is 1. The second-order valence-electron chi connectivity index (χ2n) is 5.52. The monoisotopic (exact) mass is 375 g/mol. The number of pyridine rings is 1. The van der Waals surface area contributed by atoms with Crippen molar-refractivity contribution < 1.29 is 14.0 Å². The number of likely N-dealkylation sites (N-methyl/N-ethyl adjacent to an activating group) is 1. The maximum Gasteiger partial charge on any atom is 0.254 e. The molecule has 0 saturated heterocycles. The van der Waals surface area contributed by atoms with Crippen molar-refractivity contribution in [2.45, 2.75) is 24.6 Å². The van der Waals surface area contributed by atoms with E-state index < -0.39 is 0 Å². The van der Waals surface area contributed by atoms with Gasteiger partial charge in [0, 0.05) is 25.0 Å². The van der Waals surface area contributed by atoms with Crippen molar-refractivity contribution in [3.8, 4) is 0 Å². The molecule has 5 nitrogen and oxygen atoms in total. The third-order valence-corrected chi connectivity index (χ3v) is 4.90. The Labute approximate surface area is 157 Å². The number of nitrogens with one attached hydrogen (secondary N) is 1. The van der Waals surface area contributed by atoms with Crippen LogP contribution in [0.2, 0.25) is 0 Å². The molecule has 138 valence electrons. The van der Waals surface area contributed by atoms with Gasteiger partial charge in [-0.15, -0.1) is 11.8 Å². The molecule has 0 spiro atoms. The SMILES string of the molecule is CCN(CC)C(=O)CNC(=O)c1cccnc1SCc1ccc(F)cc1. The minimum Gasteiger partial charge on any atom is -0.343 e. The molecule has 0 atom stereocenters. The van der Waals surface area contributed by atoms with Gasteiger partial charge in [0.2, 0.25) is 5.91 Å². The summed E-state index contributed by atoms with van der Waals surface area (Å²) in [5.74, 6) is -0.168. The highest BCUT2D eigenvalue weighted by Crippen LogP contribution is 2.24. The number of benzene rings is 1. The summed E-state index contributed by atoms with van der Waals surface area (Å²) >= 11 is 1.39. The quantitative estimate of drug-likeness (QED) is 0.720. The summed E-state index contributed by atoms with van der Waals surface area (Å²) in [6.45, 7) is 4.97. The van der Waals surface area contributed by atoms with E-state index in [9.17, 15) is 14.0 Å². The van der Waals surface area contributed by atoms with Crippen LogP contribution in [0.5, 0.6) is 0 Å². The summed E-state index contributed by atoms with van der Waals surface area (Å²) in [6.07, 6.45) is 1.62. The second kappa shape index (κ2) is 9.91. The van der Waals surface area contributed by atoms with Gasteiger partial charge < -0.3 is 10.2 Å². The summed E-state index contributed by atoms with van der Waals surface area (Å²) in [6, 6.07) is 9.57. The van der Waals surface area contributed by atoms with Gasteiger partial charge in [-0.05, 0) is 43.7 Å². The Kier molecular flexibility index (Phi) is 7.59. The number of halogens is 1. The van der Waals surface area contributed by atoms with Gasteiger partial charge in [-0.3, -0.25) is 9.59 Å². The molecule has 0 unspecified atom stereocenters. The number of aromatic nitrogens is 1. The van der Waals surface area contributed by atoms with Crippen LogP contribution in [0.3, 0.4) is 0 Å². The topological polar surface area (TPSA) is 62.3 Å². The fourth-order valence-corrected chi connectivity index (χ4v) is 3.30. The van der Waals surface area contributed by atoms with Gasteiger partial charge in [-0.25, -0.2) is 9.37 Å². The molecule has 0 aliphatic heterocycles. The van der Waals surface area contributed by atoms with E-state index in [1.807, 2.05) is 13.8 Å². The van der Waals surface area contributed by atoms with E-state index in [0.717, 1.165) is 5.56 Å². The fourth-order valence-electron chi connectivity index (χ4n) is 2.35. The van der Waals surface area contributed by atoms with Crippen molar-refractivity contribution in [3.63, 3.8) is 0 Å². The van der Waals surface area contributed by atoms with Crippen molar-refractivity contribution in [2.24, 2.45) is 0 Å². The minimum absolute atomic E-state index is 0.0442. The number of amides is 2. The van der Waals surface area contributed by atoms with Crippen LogP contribution in [0, 0.1) is 5.82 Å². The van der Waals surface area contributed by atoms with Crippen molar-refractivity contribution in [3.05, 3.63) is 59.5 Å². The van der Waals surface area contributed by atoms with Gasteiger partial charge in [0.25, 0.3) is 5.91 Å². The number of hydrogen-bond acceptors (Lipinski definition) is 4. The Morgan fingerprint density at radius 1 is 1.15 bits per heavy atom. The zero-order chi connectivity index (χ0) is 18.9. The van der Waals surface area contributed by atoms with E-state index >= 15 is 0 Å². The van der Waals surface area contributed by atoms with Gasteiger partial charge in [0.15, 0.2) is 0 Å². The van der Waals surface area contributed by atoms with Crippen molar-refractivity contribution in [1.29, 1.82) is 0 Å². The molecule has 1 heterocycles. The largest absolute Gasteiger partial charge is 0.343 e. The van der Waals surface area contributed by atoms with Crippen LogP contribution in [-0.4, -0.2) is 41.3 Å². The normalized spacial score (nSPS) is 10.4. The average Bonchev–Trinajstić information content (AvgIpc) is 2.67. The molecule has 7 heteroatoms. The summed E-state index contributed by atoms with van der Waals surface area (Å²) in [5, 5.41) is 3.23. The molecule has 1 N–H and O–H groups in total. The standard InChI is InChI=1S/C19H22FN3O2S/c1-3-23(4-2)17(24)12-22-18(25)16-6-5-11-21-19(16)26-13-14-7-9-15(20)10-8-14/h5-11H,3-4,12-13H2,1-2H3,(H,22,25). The maximum atomic E-state index is 13.0. The Bertz CT molecular complexity index is 749. The first-order chi connectivity index (χ1) is 12.5. The predicted molar refractivity (Wildman–Crippen MR) is 100 cm³/mol. The van der Waals surface area contributed by atoms with Crippen LogP contribution in [-0.2, 0) is 10.5 Å². The Hall–Kier alpha value is -2.41. The maximum absolute atomic E-state index is 13.0. The van der Waals surface area contributed by atoms with E-state index in [1.165, 1.54) is 23.9 Å². The summed E-state index contributed by atoms with van der Waals surface area (Å²) in [4.78, 5) is 30.4. The van der Waals surface area contributed by atoms with Crippen LogP contribution in [0.1, 0.15) is 29.8 Å². The van der Waals surface area contributed by atoms with E-state index in [-0.39, 0.29) is 24.2 Å². The highest BCUT2D eigenvalue weighted by molar-refractivity contribution is 7.98. The molecule has 1 aromatic heterocycles. The number of carbonyl (C=O) groups is 2. The Morgan fingerprint density at radius 2 is 1.85 bits per heavy atom. The number of rotatable bonds is 8. The number of carbonyl (C=O) groups excluding carboxylic acids is 2.